The Hall–Kier alpha value is -9.88. The Bertz CT molecular complexity index is 4680. The van der Waals surface area contributed by atoms with E-state index in [2.05, 4.69) is 252 Å². The van der Waals surface area contributed by atoms with E-state index in [1.807, 2.05) is 24.3 Å². The van der Waals surface area contributed by atoms with Crippen molar-refractivity contribution in [2.24, 2.45) is 0 Å². The van der Waals surface area contributed by atoms with Crippen molar-refractivity contribution in [3.05, 3.63) is 267 Å². The Labute approximate surface area is 438 Å². The van der Waals surface area contributed by atoms with Gasteiger partial charge >= 0.3 is 0 Å². The smallest absolute Gasteiger partial charge is 0.184 e. The molecular formula is C70H44N2O3Si. The number of hydrogen-bond donors (Lipinski definition) is 0. The summed E-state index contributed by atoms with van der Waals surface area (Å²) in [6.07, 6.45) is 0. The van der Waals surface area contributed by atoms with Crippen LogP contribution >= 0.6 is 0 Å². The molecule has 6 heteroatoms. The Morgan fingerprint density at radius 2 is 0.776 bits per heavy atom. The van der Waals surface area contributed by atoms with E-state index in [1.54, 1.807) is 0 Å². The van der Waals surface area contributed by atoms with Crippen LogP contribution in [-0.2, 0) is 0 Å². The zero-order valence-corrected chi connectivity index (χ0v) is 42.0. The van der Waals surface area contributed by atoms with E-state index < -0.39 is 8.07 Å². The first-order chi connectivity index (χ1) is 37.7. The molecule has 0 N–H and O–H groups in total. The molecule has 76 heavy (non-hydrogen) atoms. The Morgan fingerprint density at radius 3 is 1.43 bits per heavy atom. The van der Waals surface area contributed by atoms with E-state index in [9.17, 15) is 0 Å². The van der Waals surface area contributed by atoms with Gasteiger partial charge in [-0.15, -0.1) is 0 Å². The predicted octanol–water partition coefficient (Wildman–Crippen LogP) is 16.8. The maximum Gasteiger partial charge on any atom is 0.184 e. The minimum atomic E-state index is -3.41. The van der Waals surface area contributed by atoms with Crippen LogP contribution in [0.5, 0.6) is 0 Å². The second-order valence-corrected chi connectivity index (χ2v) is 23.7. The molecule has 0 unspecified atom stereocenters. The monoisotopic (exact) mass is 988 g/mol. The number of benzene rings is 12. The van der Waals surface area contributed by atoms with E-state index >= 15 is 0 Å². The summed E-state index contributed by atoms with van der Waals surface area (Å²) in [6.45, 7) is 0. The molecular weight excluding hydrogens is 945 g/mol. The van der Waals surface area contributed by atoms with E-state index in [-0.39, 0.29) is 0 Å². The number of furan rings is 3. The van der Waals surface area contributed by atoms with Gasteiger partial charge in [0, 0.05) is 72.5 Å². The minimum absolute atomic E-state index is 0.834. The average Bonchev–Trinajstić information content (AvgIpc) is 4.26. The molecule has 356 valence electrons. The standard InChI is InChI=1S/C70H44N2O3Si/c1-2-17-47(18-3-1)72-61-24-9-13-28-69(61)76(51-35-38-59-56-21-7-11-26-64(56)74-67(59)43-51,52-36-39-60-57-22-8-12-27-65(57)75-68(60)44-52)70-42-50(34-40-62(70)72)71(49-33-37-58-55-20-6-10-25-63(55)73-66(58)41-49)48-31-29-46(30-32-48)54-23-14-16-45-15-4-5-19-53(45)54/h1-44H. The molecule has 15 aromatic rings. The first kappa shape index (κ1) is 42.6. The molecule has 3 aromatic heterocycles. The van der Waals surface area contributed by atoms with Gasteiger partial charge in [0.05, 0.1) is 0 Å². The van der Waals surface area contributed by atoms with Crippen molar-refractivity contribution in [3.63, 3.8) is 0 Å². The van der Waals surface area contributed by atoms with Crippen molar-refractivity contribution < 1.29 is 13.3 Å². The lowest BCUT2D eigenvalue weighted by atomic mass is 9.98. The topological polar surface area (TPSA) is 45.9 Å². The summed E-state index contributed by atoms with van der Waals surface area (Å²) >= 11 is 0. The summed E-state index contributed by atoms with van der Waals surface area (Å²) < 4.78 is 20.3. The molecule has 12 aromatic carbocycles. The van der Waals surface area contributed by atoms with Gasteiger partial charge in [-0.05, 0) is 134 Å². The molecule has 0 fully saturated rings. The van der Waals surface area contributed by atoms with Crippen LogP contribution < -0.4 is 30.5 Å². The van der Waals surface area contributed by atoms with Crippen LogP contribution in [0, 0.1) is 0 Å². The number of nitrogens with zero attached hydrogens (tertiary/aromatic N) is 2. The maximum absolute atomic E-state index is 6.82. The van der Waals surface area contributed by atoms with Crippen molar-refractivity contribution in [3.8, 4) is 11.1 Å². The molecule has 16 rings (SSSR count). The lowest BCUT2D eigenvalue weighted by Crippen LogP contribution is -2.77. The van der Waals surface area contributed by atoms with Crippen molar-refractivity contribution >= 4 is 140 Å². The van der Waals surface area contributed by atoms with Gasteiger partial charge in [0.25, 0.3) is 0 Å². The third kappa shape index (κ3) is 6.31. The summed E-state index contributed by atoms with van der Waals surface area (Å²) in [5, 5.41) is 14.0. The summed E-state index contributed by atoms with van der Waals surface area (Å²) in [6, 6.07) is 96.9. The van der Waals surface area contributed by atoms with E-state index in [0.29, 0.717) is 0 Å². The van der Waals surface area contributed by atoms with Crippen LogP contribution in [0.15, 0.2) is 280 Å². The van der Waals surface area contributed by atoms with Crippen molar-refractivity contribution in [2.45, 2.75) is 0 Å². The van der Waals surface area contributed by atoms with E-state index in [1.165, 1.54) is 37.1 Å². The number of rotatable bonds is 7. The fourth-order valence-corrected chi connectivity index (χ4v) is 17.6. The molecule has 0 aliphatic carbocycles. The zero-order valence-electron chi connectivity index (χ0n) is 41.0. The first-order valence-corrected chi connectivity index (χ1v) is 27.9. The molecule has 0 bridgehead atoms. The fourth-order valence-electron chi connectivity index (χ4n) is 12.5. The van der Waals surface area contributed by atoms with Crippen molar-refractivity contribution in [1.82, 2.24) is 0 Å². The van der Waals surface area contributed by atoms with Crippen molar-refractivity contribution in [2.75, 3.05) is 9.80 Å². The van der Waals surface area contributed by atoms with Gasteiger partial charge in [-0.2, -0.15) is 0 Å². The summed E-state index contributed by atoms with van der Waals surface area (Å²) in [5.74, 6) is 0. The second-order valence-electron chi connectivity index (χ2n) is 19.9. The first-order valence-electron chi connectivity index (χ1n) is 25.9. The highest BCUT2D eigenvalue weighted by Gasteiger charge is 2.50. The van der Waals surface area contributed by atoms with Crippen LogP contribution in [-0.4, -0.2) is 8.07 Å². The molecule has 0 saturated carbocycles. The highest BCUT2D eigenvalue weighted by molar-refractivity contribution is 7.21. The molecule has 0 saturated heterocycles. The molecule has 1 aliphatic heterocycles. The minimum Gasteiger partial charge on any atom is -0.456 e. The van der Waals surface area contributed by atoms with Gasteiger partial charge in [0.15, 0.2) is 8.07 Å². The highest BCUT2D eigenvalue weighted by Crippen LogP contribution is 2.44. The van der Waals surface area contributed by atoms with Gasteiger partial charge in [-0.3, -0.25) is 0 Å². The normalized spacial score (nSPS) is 13.1. The quantitative estimate of drug-likeness (QED) is 0.149. The molecule has 5 nitrogen and oxygen atoms in total. The summed E-state index contributed by atoms with van der Waals surface area (Å²) in [4.78, 5) is 4.86. The van der Waals surface area contributed by atoms with Gasteiger partial charge in [-0.1, -0.05) is 170 Å². The molecule has 1 aliphatic rings. The van der Waals surface area contributed by atoms with Gasteiger partial charge in [0.1, 0.15) is 33.5 Å². The number of anilines is 6. The number of para-hydroxylation sites is 5. The Balaban J connectivity index is 0.995. The Kier molecular flexibility index (Phi) is 9.29. The second kappa shape index (κ2) is 16.6. The lowest BCUT2D eigenvalue weighted by Gasteiger charge is -2.45. The van der Waals surface area contributed by atoms with Gasteiger partial charge in [-0.25, -0.2) is 0 Å². The number of hydrogen-bond acceptors (Lipinski definition) is 5. The van der Waals surface area contributed by atoms with E-state index in [0.717, 1.165) is 106 Å². The molecule has 0 amide bonds. The maximum atomic E-state index is 6.82. The predicted molar refractivity (Wildman–Crippen MR) is 318 cm³/mol. The van der Waals surface area contributed by atoms with Crippen LogP contribution in [0.1, 0.15) is 0 Å². The van der Waals surface area contributed by atoms with Crippen LogP contribution in [0.25, 0.3) is 87.7 Å². The van der Waals surface area contributed by atoms with Crippen LogP contribution in [0.4, 0.5) is 34.1 Å². The van der Waals surface area contributed by atoms with E-state index in [4.69, 9.17) is 13.3 Å². The third-order valence-corrected chi connectivity index (χ3v) is 20.7. The highest BCUT2D eigenvalue weighted by atomic mass is 28.3. The number of fused-ring (bicyclic) bond motifs is 12. The molecule has 0 spiro atoms. The molecule has 0 radical (unpaired) electrons. The lowest BCUT2D eigenvalue weighted by molar-refractivity contribution is 0.668. The fraction of sp³-hybridized carbons (Fsp3) is 0. The van der Waals surface area contributed by atoms with Crippen LogP contribution in [0.2, 0.25) is 0 Å². The molecule has 4 heterocycles. The Morgan fingerprint density at radius 1 is 0.303 bits per heavy atom. The van der Waals surface area contributed by atoms with Gasteiger partial charge < -0.3 is 23.1 Å². The SMILES string of the molecule is c1ccc(N2c3ccccc3[Si](c3ccc4c(c3)oc3ccccc34)(c3ccc4c(c3)oc3ccccc34)c3cc(N(c4ccc(-c5cccc6ccccc56)cc4)c4ccc5c(c4)oc4ccccc45)ccc32)cc1. The third-order valence-electron chi connectivity index (χ3n) is 15.9. The zero-order chi connectivity index (χ0) is 49.9. The van der Waals surface area contributed by atoms with Crippen molar-refractivity contribution in [1.29, 1.82) is 0 Å². The summed E-state index contributed by atoms with van der Waals surface area (Å²) in [5.41, 5.74) is 13.9. The van der Waals surface area contributed by atoms with Gasteiger partial charge in [0.2, 0.25) is 0 Å². The summed E-state index contributed by atoms with van der Waals surface area (Å²) in [7, 11) is -3.41. The molecule has 0 atom stereocenters. The average molecular weight is 989 g/mol. The largest absolute Gasteiger partial charge is 0.456 e. The van der Waals surface area contributed by atoms with Crippen LogP contribution in [0.3, 0.4) is 0 Å².